The van der Waals surface area contributed by atoms with Crippen molar-refractivity contribution in [2.45, 2.75) is 25.6 Å². The maximum Gasteiger partial charge on any atom is 0.324 e. The van der Waals surface area contributed by atoms with Crippen LogP contribution in [0.5, 0.6) is 0 Å². The van der Waals surface area contributed by atoms with Crippen LogP contribution in [0.2, 0.25) is 0 Å². The lowest BCUT2D eigenvalue weighted by Gasteiger charge is -2.36. The number of para-hydroxylation sites is 1. The molecule has 5 nitrogen and oxygen atoms in total. The fraction of sp³-hybridized carbons (Fsp3) is 0.238. The molecule has 4 rings (SSSR count). The molecular weight excluding hydrogens is 349 g/mol. The molecule has 1 N–H and O–H groups in total. The number of nitrogens with one attached hydrogen (secondary N) is 1. The van der Waals surface area contributed by atoms with Crippen LogP contribution in [-0.2, 0) is 19.1 Å². The predicted octanol–water partition coefficient (Wildman–Crippen LogP) is 3.89. The van der Waals surface area contributed by atoms with E-state index in [4.69, 9.17) is 9.47 Å². The highest BCUT2D eigenvalue weighted by Gasteiger charge is 2.48. The number of esters is 2. The molecule has 6 heteroatoms. The maximum absolute atomic E-state index is 13.5. The van der Waals surface area contributed by atoms with Crippen molar-refractivity contribution in [1.29, 1.82) is 0 Å². The monoisotopic (exact) mass is 367 g/mol. The van der Waals surface area contributed by atoms with Gasteiger partial charge in [0.05, 0.1) is 0 Å². The number of hydrogen-bond acceptors (Lipinski definition) is 4. The number of rotatable bonds is 3. The molecule has 1 fully saturated rings. The van der Waals surface area contributed by atoms with Gasteiger partial charge in [0.25, 0.3) is 5.79 Å². The predicted molar refractivity (Wildman–Crippen MR) is 96.3 cm³/mol. The van der Waals surface area contributed by atoms with Gasteiger partial charge in [-0.15, -0.1) is 0 Å². The zero-order chi connectivity index (χ0) is 19.2. The summed E-state index contributed by atoms with van der Waals surface area (Å²) in [7, 11) is 0. The SMILES string of the molecule is CC1(C)OC(=O)C([C@@H](c2ccc(F)cc2)c2c[nH]c3ccccc23)C(=O)O1. The van der Waals surface area contributed by atoms with Crippen LogP contribution < -0.4 is 0 Å². The first kappa shape index (κ1) is 17.3. The molecule has 1 saturated heterocycles. The number of aromatic amines is 1. The fourth-order valence-electron chi connectivity index (χ4n) is 3.57. The Morgan fingerprint density at radius 3 is 2.30 bits per heavy atom. The van der Waals surface area contributed by atoms with Crippen molar-refractivity contribution >= 4 is 22.8 Å². The van der Waals surface area contributed by atoms with Gasteiger partial charge in [0.15, 0.2) is 5.92 Å². The van der Waals surface area contributed by atoms with Gasteiger partial charge in [-0.3, -0.25) is 9.59 Å². The van der Waals surface area contributed by atoms with Crippen LogP contribution in [0.4, 0.5) is 4.39 Å². The van der Waals surface area contributed by atoms with Crippen molar-refractivity contribution in [1.82, 2.24) is 4.98 Å². The van der Waals surface area contributed by atoms with E-state index in [-0.39, 0.29) is 0 Å². The van der Waals surface area contributed by atoms with E-state index in [9.17, 15) is 14.0 Å². The van der Waals surface area contributed by atoms with Crippen LogP contribution in [0.15, 0.2) is 54.7 Å². The first-order chi connectivity index (χ1) is 12.9. The molecule has 1 aromatic heterocycles. The number of benzene rings is 2. The van der Waals surface area contributed by atoms with Crippen LogP contribution in [0.3, 0.4) is 0 Å². The molecule has 138 valence electrons. The van der Waals surface area contributed by atoms with Gasteiger partial charge in [0, 0.05) is 36.9 Å². The summed E-state index contributed by atoms with van der Waals surface area (Å²) < 4.78 is 24.1. The largest absolute Gasteiger partial charge is 0.422 e. The fourth-order valence-corrected chi connectivity index (χ4v) is 3.57. The van der Waals surface area contributed by atoms with Gasteiger partial charge in [0.2, 0.25) is 0 Å². The summed E-state index contributed by atoms with van der Waals surface area (Å²) in [6.45, 7) is 3.02. The van der Waals surface area contributed by atoms with Crippen LogP contribution in [0.1, 0.15) is 30.9 Å². The second kappa shape index (κ2) is 6.23. The third kappa shape index (κ3) is 3.07. The lowest BCUT2D eigenvalue weighted by molar-refractivity contribution is -0.240. The van der Waals surface area contributed by atoms with E-state index in [0.29, 0.717) is 5.56 Å². The third-order valence-corrected chi connectivity index (χ3v) is 4.72. The highest BCUT2D eigenvalue weighted by atomic mass is 19.1. The summed E-state index contributed by atoms with van der Waals surface area (Å²) in [4.78, 5) is 28.6. The summed E-state index contributed by atoms with van der Waals surface area (Å²) in [5, 5.41) is 0.872. The molecule has 0 saturated carbocycles. The molecule has 1 atom stereocenters. The Kier molecular flexibility index (Phi) is 3.98. The number of fused-ring (bicyclic) bond motifs is 1. The third-order valence-electron chi connectivity index (χ3n) is 4.72. The minimum absolute atomic E-state index is 0.397. The topological polar surface area (TPSA) is 68.4 Å². The molecule has 2 heterocycles. The molecule has 1 aliphatic heterocycles. The number of halogens is 1. The zero-order valence-corrected chi connectivity index (χ0v) is 14.9. The molecule has 0 radical (unpaired) electrons. The van der Waals surface area contributed by atoms with E-state index in [2.05, 4.69) is 4.98 Å². The van der Waals surface area contributed by atoms with Crippen LogP contribution in [0.25, 0.3) is 10.9 Å². The number of ether oxygens (including phenoxy) is 2. The first-order valence-corrected chi connectivity index (χ1v) is 8.63. The lowest BCUT2D eigenvalue weighted by Crippen LogP contribution is -2.48. The Bertz CT molecular complexity index is 1000. The summed E-state index contributed by atoms with van der Waals surface area (Å²) in [5.41, 5.74) is 2.24. The Morgan fingerprint density at radius 1 is 1.00 bits per heavy atom. The average molecular weight is 367 g/mol. The molecule has 3 aromatic rings. The summed E-state index contributed by atoms with van der Waals surface area (Å²) in [6, 6.07) is 13.3. The number of aromatic nitrogens is 1. The first-order valence-electron chi connectivity index (χ1n) is 8.63. The molecule has 27 heavy (non-hydrogen) atoms. The van der Waals surface area contributed by atoms with Crippen molar-refractivity contribution in [3.63, 3.8) is 0 Å². The molecule has 0 bridgehead atoms. The second-order valence-corrected chi connectivity index (χ2v) is 7.04. The Balaban J connectivity index is 1.88. The number of hydrogen-bond donors (Lipinski definition) is 1. The van der Waals surface area contributed by atoms with Gasteiger partial charge in [-0.05, 0) is 29.3 Å². The Morgan fingerprint density at radius 2 is 1.63 bits per heavy atom. The highest BCUT2D eigenvalue weighted by Crippen LogP contribution is 2.40. The minimum atomic E-state index is -1.31. The van der Waals surface area contributed by atoms with Crippen LogP contribution >= 0.6 is 0 Å². The van der Waals surface area contributed by atoms with Crippen molar-refractivity contribution in [2.75, 3.05) is 0 Å². The highest BCUT2D eigenvalue weighted by molar-refractivity contribution is 5.99. The van der Waals surface area contributed by atoms with Gasteiger partial charge >= 0.3 is 11.9 Å². The number of cyclic esters (lactones) is 2. The number of carbonyl (C=O) groups excluding carboxylic acids is 2. The summed E-state index contributed by atoms with van der Waals surface area (Å²) >= 11 is 0. The normalized spacial score (nSPS) is 18.2. The van der Waals surface area contributed by atoms with Gasteiger partial charge in [-0.25, -0.2) is 4.39 Å². The van der Waals surface area contributed by atoms with Crippen molar-refractivity contribution in [2.24, 2.45) is 5.92 Å². The van der Waals surface area contributed by atoms with E-state index < -0.39 is 35.4 Å². The maximum atomic E-state index is 13.5. The molecule has 1 aliphatic rings. The smallest absolute Gasteiger partial charge is 0.324 e. The summed E-state index contributed by atoms with van der Waals surface area (Å²) in [6.07, 6.45) is 1.76. The van der Waals surface area contributed by atoms with Crippen molar-refractivity contribution < 1.29 is 23.5 Å². The molecule has 2 aromatic carbocycles. The van der Waals surface area contributed by atoms with E-state index in [1.807, 2.05) is 24.3 Å². The van der Waals surface area contributed by atoms with Crippen molar-refractivity contribution in [3.8, 4) is 0 Å². The standard InChI is InChI=1S/C21H18FNO4/c1-21(2)26-19(24)18(20(25)27-21)17(12-7-9-13(22)10-8-12)15-11-23-16-6-4-3-5-14(15)16/h3-11,17-18,23H,1-2H3/t17-/m0/s1. The lowest BCUT2D eigenvalue weighted by atomic mass is 9.80. The molecule has 0 unspecified atom stereocenters. The minimum Gasteiger partial charge on any atom is -0.422 e. The van der Waals surface area contributed by atoms with E-state index in [1.165, 1.54) is 26.0 Å². The van der Waals surface area contributed by atoms with Gasteiger partial charge < -0.3 is 14.5 Å². The van der Waals surface area contributed by atoms with Gasteiger partial charge in [-0.1, -0.05) is 30.3 Å². The quantitative estimate of drug-likeness (QED) is 0.563. The van der Waals surface area contributed by atoms with Gasteiger partial charge in [-0.2, -0.15) is 0 Å². The zero-order valence-electron chi connectivity index (χ0n) is 14.9. The molecule has 0 spiro atoms. The van der Waals surface area contributed by atoms with Gasteiger partial charge in [0.1, 0.15) is 5.82 Å². The Labute approximate surface area is 155 Å². The van der Waals surface area contributed by atoms with E-state index in [1.54, 1.807) is 18.3 Å². The molecule has 0 amide bonds. The van der Waals surface area contributed by atoms with E-state index in [0.717, 1.165) is 16.5 Å². The molecular formula is C21H18FNO4. The van der Waals surface area contributed by atoms with Crippen LogP contribution in [0, 0.1) is 11.7 Å². The molecule has 0 aliphatic carbocycles. The summed E-state index contributed by atoms with van der Waals surface area (Å²) in [5.74, 6) is -4.86. The second-order valence-electron chi connectivity index (χ2n) is 7.04. The van der Waals surface area contributed by atoms with E-state index >= 15 is 0 Å². The number of carbonyl (C=O) groups is 2. The average Bonchev–Trinajstić information content (AvgIpc) is 3.02. The Hall–Kier alpha value is -3.15. The van der Waals surface area contributed by atoms with Crippen LogP contribution in [-0.4, -0.2) is 22.7 Å². The number of H-pyrrole nitrogens is 1. The van der Waals surface area contributed by atoms with Crippen molar-refractivity contribution in [3.05, 3.63) is 71.7 Å².